The molecule has 7 nitrogen and oxygen atoms in total. The van der Waals surface area contributed by atoms with E-state index in [1.165, 1.54) is 0 Å². The van der Waals surface area contributed by atoms with Gasteiger partial charge in [0.25, 0.3) is 5.91 Å². The number of hydrogen-bond acceptors (Lipinski definition) is 6. The zero-order chi connectivity index (χ0) is 20.1. The summed E-state index contributed by atoms with van der Waals surface area (Å²) in [6.45, 7) is 0. The lowest BCUT2D eigenvalue weighted by Gasteiger charge is -2.09. The highest BCUT2D eigenvalue weighted by molar-refractivity contribution is 6.14. The van der Waals surface area contributed by atoms with Gasteiger partial charge < -0.3 is 24.3 Å². The second-order valence-corrected chi connectivity index (χ2v) is 6.02. The molecule has 3 rings (SSSR count). The molecule has 0 radical (unpaired) electrons. The van der Waals surface area contributed by atoms with E-state index in [0.29, 0.717) is 46.5 Å². The molecule has 2 aromatic carbocycles. The molecule has 1 aliphatic heterocycles. The van der Waals surface area contributed by atoms with Crippen LogP contribution >= 0.6 is 0 Å². The Kier molecular flexibility index (Phi) is 5.84. The maximum absolute atomic E-state index is 12.3. The van der Waals surface area contributed by atoms with E-state index in [1.54, 1.807) is 52.7 Å². The Morgan fingerprint density at radius 1 is 0.893 bits per heavy atom. The first-order chi connectivity index (χ1) is 13.6. The van der Waals surface area contributed by atoms with E-state index in [0.717, 1.165) is 5.56 Å². The number of ether oxygens (including phenoxy) is 4. The molecule has 0 unspecified atom stereocenters. The number of nitrogens with one attached hydrogen (secondary N) is 1. The van der Waals surface area contributed by atoms with Crippen molar-refractivity contribution in [3.63, 3.8) is 0 Å². The van der Waals surface area contributed by atoms with Gasteiger partial charge in [-0.1, -0.05) is 6.07 Å². The molecule has 28 heavy (non-hydrogen) atoms. The van der Waals surface area contributed by atoms with E-state index in [9.17, 15) is 4.79 Å². The van der Waals surface area contributed by atoms with E-state index in [2.05, 4.69) is 10.3 Å². The first-order valence-corrected chi connectivity index (χ1v) is 8.61. The van der Waals surface area contributed by atoms with Crippen LogP contribution in [-0.4, -0.2) is 40.2 Å². The number of nitrogens with zero attached hydrogens (tertiary/aromatic N) is 1. The van der Waals surface area contributed by atoms with Gasteiger partial charge in [0.2, 0.25) is 0 Å². The third-order valence-corrected chi connectivity index (χ3v) is 4.29. The monoisotopic (exact) mass is 382 g/mol. The molecule has 7 heteroatoms. The minimum absolute atomic E-state index is 0.264. The van der Waals surface area contributed by atoms with Gasteiger partial charge in [-0.25, -0.2) is 4.99 Å². The first-order valence-electron chi connectivity index (χ1n) is 8.61. The van der Waals surface area contributed by atoms with Crippen LogP contribution in [0.3, 0.4) is 0 Å². The molecule has 1 aliphatic rings. The molecule has 0 spiro atoms. The second-order valence-electron chi connectivity index (χ2n) is 6.02. The van der Waals surface area contributed by atoms with Gasteiger partial charge in [0.1, 0.15) is 23.0 Å². The highest BCUT2D eigenvalue weighted by Crippen LogP contribution is 2.29. The zero-order valence-electron chi connectivity index (χ0n) is 16.2. The topological polar surface area (TPSA) is 78.4 Å². The lowest BCUT2D eigenvalue weighted by atomic mass is 10.1. The van der Waals surface area contributed by atoms with Crippen molar-refractivity contribution in [1.82, 2.24) is 5.32 Å². The van der Waals surface area contributed by atoms with E-state index < -0.39 is 0 Å². The van der Waals surface area contributed by atoms with Crippen LogP contribution < -0.4 is 24.3 Å². The van der Waals surface area contributed by atoms with Gasteiger partial charge in [0.15, 0.2) is 11.5 Å². The Labute approximate surface area is 163 Å². The summed E-state index contributed by atoms with van der Waals surface area (Å²) in [6.07, 6.45) is 2.14. The molecule has 1 amide bonds. The van der Waals surface area contributed by atoms with Gasteiger partial charge in [-0.3, -0.25) is 4.79 Å². The van der Waals surface area contributed by atoms with Crippen LogP contribution in [-0.2, 0) is 11.2 Å². The third kappa shape index (κ3) is 4.09. The molecule has 0 saturated carbocycles. The second kappa shape index (κ2) is 8.47. The SMILES string of the molecule is COc1ccc(OC)c(/C=C2\N=C(Cc3ccc(OC)c(OC)c3)NC2=O)c1. The largest absolute Gasteiger partial charge is 0.497 e. The van der Waals surface area contributed by atoms with Crippen LogP contribution in [0.4, 0.5) is 0 Å². The van der Waals surface area contributed by atoms with Crippen molar-refractivity contribution in [2.45, 2.75) is 6.42 Å². The van der Waals surface area contributed by atoms with Crippen LogP contribution in [0.1, 0.15) is 11.1 Å². The molecule has 0 saturated heterocycles. The van der Waals surface area contributed by atoms with Crippen molar-refractivity contribution >= 4 is 17.8 Å². The minimum Gasteiger partial charge on any atom is -0.497 e. The molecule has 0 fully saturated rings. The van der Waals surface area contributed by atoms with Crippen LogP contribution in [0.15, 0.2) is 47.1 Å². The number of hydrogen-bond donors (Lipinski definition) is 1. The number of methoxy groups -OCH3 is 4. The van der Waals surface area contributed by atoms with E-state index in [-0.39, 0.29) is 5.91 Å². The predicted molar refractivity (Wildman–Crippen MR) is 106 cm³/mol. The average Bonchev–Trinajstić information content (AvgIpc) is 3.06. The molecular weight excluding hydrogens is 360 g/mol. The summed E-state index contributed by atoms with van der Waals surface area (Å²) in [6, 6.07) is 11.0. The Morgan fingerprint density at radius 2 is 1.61 bits per heavy atom. The molecule has 1 N–H and O–H groups in total. The van der Waals surface area contributed by atoms with Crippen molar-refractivity contribution in [2.24, 2.45) is 4.99 Å². The summed E-state index contributed by atoms with van der Waals surface area (Å²) in [4.78, 5) is 16.8. The fourth-order valence-corrected chi connectivity index (χ4v) is 2.88. The lowest BCUT2D eigenvalue weighted by Crippen LogP contribution is -2.25. The lowest BCUT2D eigenvalue weighted by molar-refractivity contribution is -0.115. The number of aliphatic imine (C=N–C) groups is 1. The molecule has 146 valence electrons. The van der Waals surface area contributed by atoms with Gasteiger partial charge in [-0.2, -0.15) is 0 Å². The van der Waals surface area contributed by atoms with Crippen LogP contribution in [0.5, 0.6) is 23.0 Å². The zero-order valence-corrected chi connectivity index (χ0v) is 16.2. The number of amides is 1. The summed E-state index contributed by atoms with van der Waals surface area (Å²) >= 11 is 0. The quantitative estimate of drug-likeness (QED) is 0.745. The predicted octanol–water partition coefficient (Wildman–Crippen LogP) is 2.83. The Hall–Kier alpha value is -3.48. The summed E-state index contributed by atoms with van der Waals surface area (Å²) in [7, 11) is 6.33. The number of carbonyl (C=O) groups excluding carboxylic acids is 1. The maximum Gasteiger partial charge on any atom is 0.275 e. The summed E-state index contributed by atoms with van der Waals surface area (Å²) in [5.74, 6) is 2.87. The summed E-state index contributed by atoms with van der Waals surface area (Å²) in [5.41, 5.74) is 1.96. The van der Waals surface area contributed by atoms with Gasteiger partial charge in [0, 0.05) is 12.0 Å². The fourth-order valence-electron chi connectivity index (χ4n) is 2.88. The number of rotatable bonds is 7. The molecular formula is C21H22N2O5. The standard InChI is InChI=1S/C21H22N2O5/c1-25-15-6-8-17(26-2)14(11-15)12-16-21(24)23-20(22-16)10-13-5-7-18(27-3)19(9-13)28-4/h5-9,11-12H,10H2,1-4H3,(H,22,23,24)/b16-12-. The van der Waals surface area contributed by atoms with Crippen molar-refractivity contribution in [3.8, 4) is 23.0 Å². The van der Waals surface area contributed by atoms with Crippen LogP contribution in [0, 0.1) is 0 Å². The first kappa shape index (κ1) is 19.3. The molecule has 0 aromatic heterocycles. The van der Waals surface area contributed by atoms with Crippen molar-refractivity contribution in [3.05, 3.63) is 53.2 Å². The molecule has 2 aromatic rings. The highest BCUT2D eigenvalue weighted by atomic mass is 16.5. The van der Waals surface area contributed by atoms with E-state index in [4.69, 9.17) is 18.9 Å². The Balaban J connectivity index is 1.86. The van der Waals surface area contributed by atoms with Gasteiger partial charge in [-0.05, 0) is 42.0 Å². The van der Waals surface area contributed by atoms with Crippen molar-refractivity contribution in [2.75, 3.05) is 28.4 Å². The third-order valence-electron chi connectivity index (χ3n) is 4.29. The van der Waals surface area contributed by atoms with Crippen LogP contribution in [0.2, 0.25) is 0 Å². The number of benzene rings is 2. The van der Waals surface area contributed by atoms with Crippen molar-refractivity contribution in [1.29, 1.82) is 0 Å². The van der Waals surface area contributed by atoms with Crippen LogP contribution in [0.25, 0.3) is 6.08 Å². The fraction of sp³-hybridized carbons (Fsp3) is 0.238. The summed E-state index contributed by atoms with van der Waals surface area (Å²) in [5, 5.41) is 2.80. The molecule has 0 atom stereocenters. The summed E-state index contributed by atoms with van der Waals surface area (Å²) < 4.78 is 21.2. The van der Waals surface area contributed by atoms with Gasteiger partial charge in [-0.15, -0.1) is 0 Å². The highest BCUT2D eigenvalue weighted by Gasteiger charge is 2.21. The number of amidine groups is 1. The average molecular weight is 382 g/mol. The van der Waals surface area contributed by atoms with E-state index >= 15 is 0 Å². The van der Waals surface area contributed by atoms with Gasteiger partial charge >= 0.3 is 0 Å². The van der Waals surface area contributed by atoms with E-state index in [1.807, 2.05) is 18.2 Å². The normalized spacial score (nSPS) is 14.5. The van der Waals surface area contributed by atoms with Gasteiger partial charge in [0.05, 0.1) is 28.4 Å². The molecule has 0 aliphatic carbocycles. The van der Waals surface area contributed by atoms with Crippen molar-refractivity contribution < 1.29 is 23.7 Å². The number of carbonyl (C=O) groups is 1. The maximum atomic E-state index is 12.3. The smallest absolute Gasteiger partial charge is 0.275 e. The Morgan fingerprint density at radius 3 is 2.29 bits per heavy atom. The molecule has 0 bridgehead atoms. The Bertz CT molecular complexity index is 950. The molecule has 1 heterocycles. The minimum atomic E-state index is -0.264.